The molecule has 2 heterocycles. The molecule has 2 fully saturated rings. The van der Waals surface area contributed by atoms with E-state index < -0.39 is 0 Å². The van der Waals surface area contributed by atoms with Gasteiger partial charge in [0.05, 0.1) is 0 Å². The fourth-order valence-corrected chi connectivity index (χ4v) is 2.92. The van der Waals surface area contributed by atoms with Crippen LogP contribution in [-0.4, -0.2) is 36.0 Å². The van der Waals surface area contributed by atoms with Crippen LogP contribution in [0.4, 0.5) is 0 Å². The Bertz CT molecular complexity index is 236. The lowest BCUT2D eigenvalue weighted by atomic mass is 10.0. The average Bonchev–Trinajstić information content (AvgIpc) is 2.74. The monoisotopic (exact) mass is 224 g/mol. The quantitative estimate of drug-likeness (QED) is 0.794. The van der Waals surface area contributed by atoms with Gasteiger partial charge in [-0.2, -0.15) is 0 Å². The normalized spacial score (nSPS) is 30.7. The minimum absolute atomic E-state index is 0.373. The van der Waals surface area contributed by atoms with Crippen LogP contribution < -0.4 is 5.32 Å². The maximum Gasteiger partial charge on any atom is 0.222 e. The van der Waals surface area contributed by atoms with Crippen LogP contribution in [0.15, 0.2) is 0 Å². The van der Waals surface area contributed by atoms with Crippen molar-refractivity contribution in [3.05, 3.63) is 0 Å². The molecule has 2 rings (SSSR count). The number of piperidine rings is 1. The number of carbonyl (C=O) groups excluding carboxylic acids is 1. The highest BCUT2D eigenvalue weighted by Gasteiger charge is 2.25. The van der Waals surface area contributed by atoms with Gasteiger partial charge in [-0.25, -0.2) is 0 Å². The van der Waals surface area contributed by atoms with Gasteiger partial charge in [-0.1, -0.05) is 6.42 Å². The molecule has 1 amide bonds. The standard InChI is InChI=1S/C13H24N2O/c1-11-5-4-10-15(11)13(16)8-7-12-6-2-3-9-14-12/h11-12,14H,2-10H2,1H3. The number of nitrogens with one attached hydrogen (secondary N) is 1. The molecular formula is C13H24N2O. The van der Waals surface area contributed by atoms with Crippen molar-refractivity contribution in [3.63, 3.8) is 0 Å². The Kier molecular flexibility index (Phi) is 4.22. The van der Waals surface area contributed by atoms with Gasteiger partial charge in [-0.05, 0) is 45.6 Å². The molecule has 3 nitrogen and oxygen atoms in total. The molecule has 92 valence electrons. The van der Waals surface area contributed by atoms with Crippen molar-refractivity contribution >= 4 is 5.91 Å². The van der Waals surface area contributed by atoms with E-state index in [1.807, 2.05) is 0 Å². The smallest absolute Gasteiger partial charge is 0.222 e. The van der Waals surface area contributed by atoms with Gasteiger partial charge in [0.25, 0.3) is 0 Å². The van der Waals surface area contributed by atoms with E-state index in [0.717, 1.165) is 25.9 Å². The summed E-state index contributed by atoms with van der Waals surface area (Å²) >= 11 is 0. The first-order chi connectivity index (χ1) is 7.77. The number of hydrogen-bond acceptors (Lipinski definition) is 2. The van der Waals surface area contributed by atoms with Gasteiger partial charge >= 0.3 is 0 Å². The lowest BCUT2D eigenvalue weighted by Crippen LogP contribution is -2.37. The van der Waals surface area contributed by atoms with Crippen LogP contribution in [0.5, 0.6) is 0 Å². The number of rotatable bonds is 3. The summed E-state index contributed by atoms with van der Waals surface area (Å²) in [5.74, 6) is 0.373. The Morgan fingerprint density at radius 1 is 1.31 bits per heavy atom. The van der Waals surface area contributed by atoms with E-state index in [1.165, 1.54) is 32.1 Å². The van der Waals surface area contributed by atoms with Crippen LogP contribution in [0, 0.1) is 0 Å². The molecule has 2 unspecified atom stereocenters. The summed E-state index contributed by atoms with van der Waals surface area (Å²) in [5, 5.41) is 3.51. The van der Waals surface area contributed by atoms with Crippen LogP contribution in [-0.2, 0) is 4.79 Å². The van der Waals surface area contributed by atoms with E-state index >= 15 is 0 Å². The Morgan fingerprint density at radius 2 is 2.19 bits per heavy atom. The fourth-order valence-electron chi connectivity index (χ4n) is 2.92. The molecule has 0 aromatic rings. The van der Waals surface area contributed by atoms with Gasteiger partial charge in [0.1, 0.15) is 0 Å². The first kappa shape index (κ1) is 11.9. The number of nitrogens with zero attached hydrogens (tertiary/aromatic N) is 1. The molecule has 0 spiro atoms. The largest absolute Gasteiger partial charge is 0.340 e. The molecule has 2 atom stereocenters. The molecule has 3 heteroatoms. The van der Waals surface area contributed by atoms with Crippen LogP contribution in [0.3, 0.4) is 0 Å². The van der Waals surface area contributed by atoms with Gasteiger partial charge in [-0.3, -0.25) is 4.79 Å². The number of likely N-dealkylation sites (tertiary alicyclic amines) is 1. The lowest BCUT2D eigenvalue weighted by Gasteiger charge is -2.25. The third kappa shape index (κ3) is 2.97. The van der Waals surface area contributed by atoms with Crippen molar-refractivity contribution in [2.75, 3.05) is 13.1 Å². The molecule has 2 saturated heterocycles. The number of hydrogen-bond donors (Lipinski definition) is 1. The highest BCUT2D eigenvalue weighted by Crippen LogP contribution is 2.19. The summed E-state index contributed by atoms with van der Waals surface area (Å²) in [6.07, 6.45) is 8.02. The van der Waals surface area contributed by atoms with Crippen molar-refractivity contribution in [3.8, 4) is 0 Å². The van der Waals surface area contributed by atoms with Gasteiger partial charge in [0.15, 0.2) is 0 Å². The van der Waals surface area contributed by atoms with E-state index in [-0.39, 0.29) is 0 Å². The number of amides is 1. The fraction of sp³-hybridized carbons (Fsp3) is 0.923. The second-order valence-corrected chi connectivity index (χ2v) is 5.26. The van der Waals surface area contributed by atoms with E-state index in [0.29, 0.717) is 18.0 Å². The maximum absolute atomic E-state index is 12.0. The molecule has 0 aromatic heterocycles. The number of carbonyl (C=O) groups is 1. The summed E-state index contributed by atoms with van der Waals surface area (Å²) in [4.78, 5) is 14.1. The van der Waals surface area contributed by atoms with Crippen LogP contribution in [0.1, 0.15) is 51.9 Å². The Hall–Kier alpha value is -0.570. The van der Waals surface area contributed by atoms with Gasteiger partial charge in [0, 0.05) is 25.0 Å². The first-order valence-corrected chi connectivity index (χ1v) is 6.80. The summed E-state index contributed by atoms with van der Waals surface area (Å²) in [6, 6.07) is 1.07. The predicted molar refractivity (Wildman–Crippen MR) is 65.3 cm³/mol. The third-order valence-corrected chi connectivity index (χ3v) is 3.99. The van der Waals surface area contributed by atoms with Gasteiger partial charge in [-0.15, -0.1) is 0 Å². The molecule has 0 aliphatic carbocycles. The molecule has 0 bridgehead atoms. The lowest BCUT2D eigenvalue weighted by molar-refractivity contribution is -0.131. The Labute approximate surface area is 98.6 Å². The summed E-state index contributed by atoms with van der Waals surface area (Å²) in [5.41, 5.74) is 0. The topological polar surface area (TPSA) is 32.3 Å². The van der Waals surface area contributed by atoms with Crippen molar-refractivity contribution in [1.29, 1.82) is 0 Å². The first-order valence-electron chi connectivity index (χ1n) is 6.80. The van der Waals surface area contributed by atoms with E-state index in [9.17, 15) is 4.79 Å². The van der Waals surface area contributed by atoms with Gasteiger partial charge < -0.3 is 10.2 Å². The molecule has 0 aromatic carbocycles. The summed E-state index contributed by atoms with van der Waals surface area (Å²) < 4.78 is 0. The molecule has 0 saturated carbocycles. The molecular weight excluding hydrogens is 200 g/mol. The molecule has 2 aliphatic rings. The minimum Gasteiger partial charge on any atom is -0.340 e. The zero-order valence-corrected chi connectivity index (χ0v) is 10.4. The molecule has 1 N–H and O–H groups in total. The SMILES string of the molecule is CC1CCCN1C(=O)CCC1CCCCN1. The average molecular weight is 224 g/mol. The van der Waals surface area contributed by atoms with Gasteiger partial charge in [0.2, 0.25) is 5.91 Å². The maximum atomic E-state index is 12.0. The van der Waals surface area contributed by atoms with Crippen molar-refractivity contribution < 1.29 is 4.79 Å². The van der Waals surface area contributed by atoms with Crippen molar-refractivity contribution in [2.24, 2.45) is 0 Å². The van der Waals surface area contributed by atoms with Crippen molar-refractivity contribution in [2.45, 2.75) is 64.0 Å². The Morgan fingerprint density at radius 3 is 2.81 bits per heavy atom. The Balaban J connectivity index is 1.70. The van der Waals surface area contributed by atoms with Crippen LogP contribution in [0.25, 0.3) is 0 Å². The second-order valence-electron chi connectivity index (χ2n) is 5.26. The van der Waals surface area contributed by atoms with Crippen molar-refractivity contribution in [1.82, 2.24) is 10.2 Å². The van der Waals surface area contributed by atoms with E-state index in [1.54, 1.807) is 0 Å². The third-order valence-electron chi connectivity index (χ3n) is 3.99. The second kappa shape index (κ2) is 5.67. The summed E-state index contributed by atoms with van der Waals surface area (Å²) in [6.45, 7) is 4.29. The van der Waals surface area contributed by atoms with Crippen LogP contribution in [0.2, 0.25) is 0 Å². The predicted octanol–water partition coefficient (Wildman–Crippen LogP) is 1.92. The summed E-state index contributed by atoms with van der Waals surface area (Å²) in [7, 11) is 0. The van der Waals surface area contributed by atoms with E-state index in [2.05, 4.69) is 17.1 Å². The molecule has 16 heavy (non-hydrogen) atoms. The minimum atomic E-state index is 0.373. The molecule has 0 radical (unpaired) electrons. The highest BCUT2D eigenvalue weighted by atomic mass is 16.2. The zero-order valence-electron chi connectivity index (χ0n) is 10.4. The molecule has 2 aliphatic heterocycles. The zero-order chi connectivity index (χ0) is 11.4. The van der Waals surface area contributed by atoms with E-state index in [4.69, 9.17) is 0 Å². The highest BCUT2D eigenvalue weighted by molar-refractivity contribution is 5.76. The van der Waals surface area contributed by atoms with Crippen LogP contribution >= 0.6 is 0 Å².